The lowest BCUT2D eigenvalue weighted by atomic mass is 10.1. The van der Waals surface area contributed by atoms with Gasteiger partial charge in [0.2, 0.25) is 0 Å². The predicted molar refractivity (Wildman–Crippen MR) is 73.3 cm³/mol. The van der Waals surface area contributed by atoms with Gasteiger partial charge in [-0.25, -0.2) is 0 Å². The quantitative estimate of drug-likeness (QED) is 0.901. The van der Waals surface area contributed by atoms with E-state index in [0.29, 0.717) is 5.92 Å². The smallest absolute Gasteiger partial charge is 0.0231 e. The van der Waals surface area contributed by atoms with Crippen LogP contribution in [0.5, 0.6) is 0 Å². The van der Waals surface area contributed by atoms with Gasteiger partial charge in [0.05, 0.1) is 0 Å². The van der Waals surface area contributed by atoms with E-state index in [4.69, 9.17) is 5.73 Å². The summed E-state index contributed by atoms with van der Waals surface area (Å²) in [6.07, 6.45) is 0. The molecule has 1 rings (SSSR count). The van der Waals surface area contributed by atoms with E-state index < -0.39 is 0 Å². The van der Waals surface area contributed by atoms with E-state index in [1.54, 1.807) is 0 Å². The van der Waals surface area contributed by atoms with Crippen LogP contribution >= 0.6 is 15.9 Å². The first-order chi connectivity index (χ1) is 7.49. The van der Waals surface area contributed by atoms with Crippen molar-refractivity contribution in [2.24, 2.45) is 11.7 Å². The number of halogens is 1. The van der Waals surface area contributed by atoms with Gasteiger partial charge in [-0.1, -0.05) is 41.9 Å². The van der Waals surface area contributed by atoms with Crippen molar-refractivity contribution >= 4 is 15.9 Å². The van der Waals surface area contributed by atoms with E-state index in [1.165, 1.54) is 5.56 Å². The van der Waals surface area contributed by atoms with Crippen LogP contribution in [0, 0.1) is 5.92 Å². The highest BCUT2D eigenvalue weighted by Gasteiger charge is 2.10. The third kappa shape index (κ3) is 4.64. The maximum absolute atomic E-state index is 6.05. The van der Waals surface area contributed by atoms with Gasteiger partial charge in [0.15, 0.2) is 0 Å². The maximum atomic E-state index is 6.05. The Labute approximate surface area is 107 Å². The topological polar surface area (TPSA) is 29.3 Å². The zero-order valence-electron chi connectivity index (χ0n) is 10.3. The van der Waals surface area contributed by atoms with Crippen LogP contribution in [0.4, 0.5) is 0 Å². The Bertz CT molecular complexity index is 325. The van der Waals surface area contributed by atoms with Crippen molar-refractivity contribution in [2.45, 2.75) is 26.4 Å². The zero-order chi connectivity index (χ0) is 12.1. The lowest BCUT2D eigenvalue weighted by molar-refractivity contribution is 0.276. The Kier molecular flexibility index (Phi) is 5.46. The number of nitrogens with two attached hydrogens (primary N) is 1. The molecule has 2 nitrogen and oxygen atoms in total. The fraction of sp³-hybridized carbons (Fsp3) is 0.538. The molecular weight excluding hydrogens is 264 g/mol. The summed E-state index contributed by atoms with van der Waals surface area (Å²) < 4.78 is 1.13. The van der Waals surface area contributed by atoms with Crippen molar-refractivity contribution in [3.8, 4) is 0 Å². The highest BCUT2D eigenvalue weighted by Crippen LogP contribution is 2.13. The molecule has 0 fully saturated rings. The second-order valence-corrected chi connectivity index (χ2v) is 5.65. The molecule has 16 heavy (non-hydrogen) atoms. The average molecular weight is 285 g/mol. The first kappa shape index (κ1) is 13.7. The highest BCUT2D eigenvalue weighted by atomic mass is 79.9. The summed E-state index contributed by atoms with van der Waals surface area (Å²) in [4.78, 5) is 2.27. The largest absolute Gasteiger partial charge is 0.326 e. The van der Waals surface area contributed by atoms with Crippen LogP contribution in [0.25, 0.3) is 0 Å². The Morgan fingerprint density at radius 3 is 2.62 bits per heavy atom. The van der Waals surface area contributed by atoms with Crippen molar-refractivity contribution in [2.75, 3.05) is 13.6 Å². The molecule has 1 atom stereocenters. The van der Waals surface area contributed by atoms with Crippen molar-refractivity contribution < 1.29 is 0 Å². The van der Waals surface area contributed by atoms with Crippen LogP contribution in [-0.2, 0) is 6.54 Å². The minimum Gasteiger partial charge on any atom is -0.326 e. The van der Waals surface area contributed by atoms with Crippen LogP contribution in [0.3, 0.4) is 0 Å². The summed E-state index contributed by atoms with van der Waals surface area (Å²) in [5.74, 6) is 0.532. The summed E-state index contributed by atoms with van der Waals surface area (Å²) in [6, 6.07) is 8.65. The van der Waals surface area contributed by atoms with Gasteiger partial charge < -0.3 is 10.6 Å². The molecule has 0 saturated heterocycles. The molecule has 1 aromatic carbocycles. The zero-order valence-corrected chi connectivity index (χ0v) is 11.9. The molecule has 0 amide bonds. The third-order valence-electron chi connectivity index (χ3n) is 2.72. The SMILES string of the molecule is CC(C)C(N)CN(C)Cc1cccc(Br)c1. The summed E-state index contributed by atoms with van der Waals surface area (Å²) in [5, 5.41) is 0. The molecule has 0 bridgehead atoms. The number of nitrogens with zero attached hydrogens (tertiary/aromatic N) is 1. The molecular formula is C13H21BrN2. The third-order valence-corrected chi connectivity index (χ3v) is 3.21. The molecule has 0 aromatic heterocycles. The van der Waals surface area contributed by atoms with Gasteiger partial charge >= 0.3 is 0 Å². The molecule has 2 N–H and O–H groups in total. The average Bonchev–Trinajstić information content (AvgIpc) is 2.16. The molecule has 0 spiro atoms. The van der Waals surface area contributed by atoms with Gasteiger partial charge in [-0.2, -0.15) is 0 Å². The number of likely N-dealkylation sites (N-methyl/N-ethyl adjacent to an activating group) is 1. The van der Waals surface area contributed by atoms with Gasteiger partial charge in [0.25, 0.3) is 0 Å². The fourth-order valence-electron chi connectivity index (χ4n) is 1.58. The fourth-order valence-corrected chi connectivity index (χ4v) is 2.03. The van der Waals surface area contributed by atoms with E-state index in [-0.39, 0.29) is 6.04 Å². The second kappa shape index (κ2) is 6.38. The van der Waals surface area contributed by atoms with Crippen molar-refractivity contribution in [3.05, 3.63) is 34.3 Å². The summed E-state index contributed by atoms with van der Waals surface area (Å²) >= 11 is 3.48. The van der Waals surface area contributed by atoms with Gasteiger partial charge in [0, 0.05) is 23.6 Å². The van der Waals surface area contributed by atoms with Crippen LogP contribution in [0.2, 0.25) is 0 Å². The van der Waals surface area contributed by atoms with Gasteiger partial charge in [-0.3, -0.25) is 0 Å². The Morgan fingerprint density at radius 2 is 2.06 bits per heavy atom. The van der Waals surface area contributed by atoms with Crippen LogP contribution in [0.15, 0.2) is 28.7 Å². The van der Waals surface area contributed by atoms with Crippen LogP contribution in [-0.4, -0.2) is 24.5 Å². The molecule has 0 aliphatic heterocycles. The molecule has 1 unspecified atom stereocenters. The Morgan fingerprint density at radius 1 is 1.38 bits per heavy atom. The van der Waals surface area contributed by atoms with Crippen molar-refractivity contribution in [3.63, 3.8) is 0 Å². The Hall–Kier alpha value is -0.380. The van der Waals surface area contributed by atoms with E-state index >= 15 is 0 Å². The second-order valence-electron chi connectivity index (χ2n) is 4.73. The highest BCUT2D eigenvalue weighted by molar-refractivity contribution is 9.10. The standard InChI is InChI=1S/C13H21BrN2/c1-10(2)13(15)9-16(3)8-11-5-4-6-12(14)7-11/h4-7,10,13H,8-9,15H2,1-3H3. The summed E-state index contributed by atoms with van der Waals surface area (Å²) in [7, 11) is 2.11. The van der Waals surface area contributed by atoms with Crippen molar-refractivity contribution in [1.82, 2.24) is 4.90 Å². The predicted octanol–water partition coefficient (Wildman–Crippen LogP) is 2.86. The van der Waals surface area contributed by atoms with Crippen LogP contribution in [0.1, 0.15) is 19.4 Å². The summed E-state index contributed by atoms with van der Waals surface area (Å²) in [5.41, 5.74) is 7.36. The van der Waals surface area contributed by atoms with E-state index in [9.17, 15) is 0 Å². The number of rotatable bonds is 5. The normalized spacial score (nSPS) is 13.4. The molecule has 1 aromatic rings. The minimum atomic E-state index is 0.247. The monoisotopic (exact) mass is 284 g/mol. The number of hydrogen-bond acceptors (Lipinski definition) is 2. The molecule has 0 heterocycles. The first-order valence-corrected chi connectivity index (χ1v) is 6.47. The number of hydrogen-bond donors (Lipinski definition) is 1. The van der Waals surface area contributed by atoms with Gasteiger partial charge in [0.1, 0.15) is 0 Å². The molecule has 0 aliphatic rings. The summed E-state index contributed by atoms with van der Waals surface area (Å²) in [6.45, 7) is 6.21. The van der Waals surface area contributed by atoms with Gasteiger partial charge in [-0.15, -0.1) is 0 Å². The molecule has 0 radical (unpaired) electrons. The van der Waals surface area contributed by atoms with Gasteiger partial charge in [-0.05, 0) is 30.7 Å². The lowest BCUT2D eigenvalue weighted by Crippen LogP contribution is -2.38. The minimum absolute atomic E-state index is 0.247. The maximum Gasteiger partial charge on any atom is 0.0231 e. The lowest BCUT2D eigenvalue weighted by Gasteiger charge is -2.23. The molecule has 0 saturated carbocycles. The molecule has 90 valence electrons. The van der Waals surface area contributed by atoms with E-state index in [2.05, 4.69) is 59.9 Å². The van der Waals surface area contributed by atoms with E-state index in [0.717, 1.165) is 17.6 Å². The molecule has 3 heteroatoms. The van der Waals surface area contributed by atoms with E-state index in [1.807, 2.05) is 6.07 Å². The van der Waals surface area contributed by atoms with Crippen LogP contribution < -0.4 is 5.73 Å². The first-order valence-electron chi connectivity index (χ1n) is 5.67. The Balaban J connectivity index is 2.48. The molecule has 0 aliphatic carbocycles. The number of benzene rings is 1. The van der Waals surface area contributed by atoms with Crippen molar-refractivity contribution in [1.29, 1.82) is 0 Å².